The van der Waals surface area contributed by atoms with Gasteiger partial charge in [0.2, 0.25) is 0 Å². The number of rotatable bonds is 1. The maximum absolute atomic E-state index is 13.6. The molecule has 80 valence electrons. The number of hydrogen-bond acceptors (Lipinski definition) is 2. The summed E-state index contributed by atoms with van der Waals surface area (Å²) in [7, 11) is 0. The fourth-order valence-corrected chi connectivity index (χ4v) is 1.88. The fraction of sp³-hybridized carbons (Fsp3) is 0.364. The molecule has 0 radical (unpaired) electrons. The molecule has 15 heavy (non-hydrogen) atoms. The first kappa shape index (κ1) is 10.4. The second kappa shape index (κ2) is 4.19. The van der Waals surface area contributed by atoms with E-state index in [4.69, 9.17) is 11.6 Å². The summed E-state index contributed by atoms with van der Waals surface area (Å²) in [5.74, 6) is 0.0454. The lowest BCUT2D eigenvalue weighted by atomic mass is 10.1. The van der Waals surface area contributed by atoms with Crippen LogP contribution in [0.1, 0.15) is 13.3 Å². The van der Waals surface area contributed by atoms with Crippen molar-refractivity contribution in [1.82, 2.24) is 4.98 Å². The maximum Gasteiger partial charge on any atom is 0.167 e. The summed E-state index contributed by atoms with van der Waals surface area (Å²) < 4.78 is 13.6. The molecule has 0 atom stereocenters. The zero-order valence-corrected chi connectivity index (χ0v) is 9.26. The number of aromatic nitrogens is 1. The third-order valence-corrected chi connectivity index (χ3v) is 2.63. The highest BCUT2D eigenvalue weighted by Gasteiger charge is 2.15. The Hall–Kier alpha value is -1.09. The summed E-state index contributed by atoms with van der Waals surface area (Å²) in [4.78, 5) is 5.96. The summed E-state index contributed by atoms with van der Waals surface area (Å²) in [6.45, 7) is 3.59. The normalized spacial score (nSPS) is 16.5. The molecule has 2 heterocycles. The van der Waals surface area contributed by atoms with Crippen LogP contribution in [0, 0.1) is 5.82 Å². The summed E-state index contributed by atoms with van der Waals surface area (Å²) in [5, 5.41) is 0.334. The highest BCUT2D eigenvalue weighted by Crippen LogP contribution is 2.22. The third kappa shape index (κ3) is 2.29. The smallest absolute Gasteiger partial charge is 0.167 e. The molecule has 0 saturated heterocycles. The van der Waals surface area contributed by atoms with Crippen LogP contribution in [0.3, 0.4) is 0 Å². The first-order chi connectivity index (χ1) is 7.16. The van der Waals surface area contributed by atoms with Crippen LogP contribution in [0.15, 0.2) is 23.9 Å². The number of hydrogen-bond donors (Lipinski definition) is 0. The van der Waals surface area contributed by atoms with Crippen LogP contribution in [-0.4, -0.2) is 18.1 Å². The van der Waals surface area contributed by atoms with E-state index in [-0.39, 0.29) is 5.82 Å². The third-order valence-electron chi connectivity index (χ3n) is 2.42. The van der Waals surface area contributed by atoms with Gasteiger partial charge in [0.15, 0.2) is 11.6 Å². The Balaban J connectivity index is 2.26. The zero-order valence-electron chi connectivity index (χ0n) is 8.50. The van der Waals surface area contributed by atoms with E-state index >= 15 is 0 Å². The van der Waals surface area contributed by atoms with Crippen LogP contribution in [-0.2, 0) is 0 Å². The van der Waals surface area contributed by atoms with E-state index in [1.165, 1.54) is 17.8 Å². The Morgan fingerprint density at radius 3 is 3.00 bits per heavy atom. The molecule has 0 aromatic carbocycles. The topological polar surface area (TPSA) is 16.1 Å². The molecule has 1 aromatic rings. The molecule has 1 aliphatic heterocycles. The van der Waals surface area contributed by atoms with Crippen molar-refractivity contribution in [1.29, 1.82) is 0 Å². The largest absolute Gasteiger partial charge is 0.350 e. The minimum Gasteiger partial charge on any atom is -0.350 e. The molecule has 0 unspecified atom stereocenters. The summed E-state index contributed by atoms with van der Waals surface area (Å²) in [6.07, 6.45) is 4.59. The summed E-state index contributed by atoms with van der Waals surface area (Å²) in [5.41, 5.74) is 1.25. The Labute approximate surface area is 93.4 Å². The van der Waals surface area contributed by atoms with E-state index < -0.39 is 0 Å². The van der Waals surface area contributed by atoms with Gasteiger partial charge in [-0.05, 0) is 19.4 Å². The molecular formula is C11H12ClFN2. The first-order valence-corrected chi connectivity index (χ1v) is 5.26. The molecule has 0 bridgehead atoms. The van der Waals surface area contributed by atoms with E-state index in [1.54, 1.807) is 0 Å². The van der Waals surface area contributed by atoms with Crippen molar-refractivity contribution in [3.63, 3.8) is 0 Å². The predicted octanol–water partition coefficient (Wildman–Crippen LogP) is 3.03. The highest BCUT2D eigenvalue weighted by molar-refractivity contribution is 6.30. The number of nitrogens with zero attached hydrogens (tertiary/aromatic N) is 2. The average Bonchev–Trinajstić information content (AvgIpc) is 2.17. The van der Waals surface area contributed by atoms with Crippen LogP contribution >= 0.6 is 11.6 Å². The van der Waals surface area contributed by atoms with Crippen molar-refractivity contribution in [2.45, 2.75) is 13.3 Å². The molecule has 1 aliphatic rings. The molecule has 0 saturated carbocycles. The van der Waals surface area contributed by atoms with E-state index in [2.05, 4.69) is 11.1 Å². The van der Waals surface area contributed by atoms with Gasteiger partial charge in [0.1, 0.15) is 0 Å². The molecule has 0 fully saturated rings. The highest BCUT2D eigenvalue weighted by atomic mass is 35.5. The molecule has 2 nitrogen and oxygen atoms in total. The van der Waals surface area contributed by atoms with Crippen LogP contribution in [0.2, 0.25) is 5.02 Å². The van der Waals surface area contributed by atoms with Crippen LogP contribution in [0.25, 0.3) is 0 Å². The van der Waals surface area contributed by atoms with E-state index in [9.17, 15) is 4.39 Å². The monoisotopic (exact) mass is 226 g/mol. The van der Waals surface area contributed by atoms with Crippen LogP contribution < -0.4 is 4.90 Å². The molecule has 0 spiro atoms. The molecule has 0 N–H and O–H groups in total. The van der Waals surface area contributed by atoms with Crippen molar-refractivity contribution in [2.75, 3.05) is 18.0 Å². The quantitative estimate of drug-likeness (QED) is 0.685. The van der Waals surface area contributed by atoms with Crippen LogP contribution in [0.5, 0.6) is 0 Å². The maximum atomic E-state index is 13.6. The van der Waals surface area contributed by atoms with Gasteiger partial charge in [0, 0.05) is 19.3 Å². The van der Waals surface area contributed by atoms with Gasteiger partial charge in [-0.1, -0.05) is 23.3 Å². The standard InChI is InChI=1S/C11H12ClFN2/c1-8-3-2-4-15(7-8)11-10(13)5-9(12)6-14-11/h3,5-6H,2,4,7H2,1H3. The van der Waals surface area contributed by atoms with Crippen LogP contribution in [0.4, 0.5) is 10.2 Å². The SMILES string of the molecule is CC1=CCCN(c2ncc(Cl)cc2F)C1. The van der Waals surface area contributed by atoms with Gasteiger partial charge in [0.25, 0.3) is 0 Å². The lowest BCUT2D eigenvalue weighted by molar-refractivity contribution is 0.609. The second-order valence-electron chi connectivity index (χ2n) is 3.72. The molecule has 1 aromatic heterocycles. The van der Waals surface area contributed by atoms with E-state index in [0.717, 1.165) is 19.5 Å². The number of halogens is 2. The Kier molecular flexibility index (Phi) is 2.91. The van der Waals surface area contributed by atoms with Gasteiger partial charge in [0.05, 0.1) is 5.02 Å². The van der Waals surface area contributed by atoms with Crippen molar-refractivity contribution in [2.24, 2.45) is 0 Å². The van der Waals surface area contributed by atoms with Gasteiger partial charge in [-0.3, -0.25) is 0 Å². The van der Waals surface area contributed by atoms with Gasteiger partial charge >= 0.3 is 0 Å². The minimum absolute atomic E-state index is 0.334. The summed E-state index contributed by atoms with van der Waals surface area (Å²) >= 11 is 5.65. The molecule has 4 heteroatoms. The fourth-order valence-electron chi connectivity index (χ4n) is 1.73. The Morgan fingerprint density at radius 2 is 2.33 bits per heavy atom. The van der Waals surface area contributed by atoms with E-state index in [0.29, 0.717) is 10.8 Å². The second-order valence-corrected chi connectivity index (χ2v) is 4.16. The van der Waals surface area contributed by atoms with Gasteiger partial charge in [-0.2, -0.15) is 0 Å². The lowest BCUT2D eigenvalue weighted by Crippen LogP contribution is -2.30. The lowest BCUT2D eigenvalue weighted by Gasteiger charge is -2.27. The molecule has 2 rings (SSSR count). The molecular weight excluding hydrogens is 215 g/mol. The first-order valence-electron chi connectivity index (χ1n) is 4.88. The Bertz CT molecular complexity index is 404. The average molecular weight is 227 g/mol. The van der Waals surface area contributed by atoms with Crippen molar-refractivity contribution in [3.8, 4) is 0 Å². The van der Waals surface area contributed by atoms with Gasteiger partial charge in [-0.15, -0.1) is 0 Å². The zero-order chi connectivity index (χ0) is 10.8. The Morgan fingerprint density at radius 1 is 1.53 bits per heavy atom. The van der Waals surface area contributed by atoms with Crippen molar-refractivity contribution >= 4 is 17.4 Å². The minimum atomic E-state index is -0.350. The predicted molar refractivity (Wildman–Crippen MR) is 59.8 cm³/mol. The van der Waals surface area contributed by atoms with Crippen molar-refractivity contribution in [3.05, 3.63) is 34.8 Å². The van der Waals surface area contributed by atoms with Gasteiger partial charge in [-0.25, -0.2) is 9.37 Å². The number of pyridine rings is 1. The molecule has 0 amide bonds. The summed E-state index contributed by atoms with van der Waals surface area (Å²) in [6, 6.07) is 1.30. The number of anilines is 1. The van der Waals surface area contributed by atoms with Crippen molar-refractivity contribution < 1.29 is 4.39 Å². The van der Waals surface area contributed by atoms with Gasteiger partial charge < -0.3 is 4.90 Å². The molecule has 0 aliphatic carbocycles. The van der Waals surface area contributed by atoms with E-state index in [1.807, 2.05) is 11.8 Å².